The number of amides is 1. The van der Waals surface area contributed by atoms with Crippen LogP contribution in [-0.2, 0) is 9.59 Å². The van der Waals surface area contributed by atoms with Crippen LogP contribution in [0.1, 0.15) is 24.9 Å². The fourth-order valence-electron chi connectivity index (χ4n) is 2.89. The van der Waals surface area contributed by atoms with E-state index in [9.17, 15) is 14.7 Å². The van der Waals surface area contributed by atoms with Gasteiger partial charge in [0.15, 0.2) is 0 Å². The number of carbonyl (C=O) groups is 2. The van der Waals surface area contributed by atoms with E-state index in [4.69, 9.17) is 4.74 Å². The first kappa shape index (κ1) is 16.3. The first-order valence-electron chi connectivity index (χ1n) is 7.40. The molecule has 0 spiro atoms. The fourth-order valence-corrected chi connectivity index (χ4v) is 2.89. The van der Waals surface area contributed by atoms with Crippen LogP contribution in [0.3, 0.4) is 0 Å². The predicted octanol–water partition coefficient (Wildman–Crippen LogP) is 1.38. The van der Waals surface area contributed by atoms with Crippen molar-refractivity contribution in [2.24, 2.45) is 0 Å². The first-order chi connectivity index (χ1) is 10.5. The van der Waals surface area contributed by atoms with Gasteiger partial charge < -0.3 is 14.7 Å². The van der Waals surface area contributed by atoms with Crippen molar-refractivity contribution in [2.45, 2.75) is 19.4 Å². The Kier molecular flexibility index (Phi) is 5.38. The van der Waals surface area contributed by atoms with Crippen molar-refractivity contribution in [1.82, 2.24) is 9.80 Å². The third kappa shape index (κ3) is 3.57. The molecule has 1 heterocycles. The van der Waals surface area contributed by atoms with Gasteiger partial charge in [-0.3, -0.25) is 14.5 Å². The van der Waals surface area contributed by atoms with E-state index in [0.717, 1.165) is 6.42 Å². The molecule has 22 heavy (non-hydrogen) atoms. The number of aliphatic carboxylic acids is 1. The molecular weight excluding hydrogens is 284 g/mol. The second-order valence-electron chi connectivity index (χ2n) is 5.38. The van der Waals surface area contributed by atoms with Crippen LogP contribution in [0.2, 0.25) is 0 Å². The van der Waals surface area contributed by atoms with E-state index in [1.165, 1.54) is 7.11 Å². The molecule has 0 radical (unpaired) electrons. The van der Waals surface area contributed by atoms with E-state index >= 15 is 0 Å². The summed E-state index contributed by atoms with van der Waals surface area (Å²) >= 11 is 0. The van der Waals surface area contributed by atoms with Gasteiger partial charge in [-0.05, 0) is 12.5 Å². The van der Waals surface area contributed by atoms with Gasteiger partial charge in [-0.1, -0.05) is 18.2 Å². The molecule has 1 saturated heterocycles. The monoisotopic (exact) mass is 306 g/mol. The molecule has 1 aliphatic heterocycles. The van der Waals surface area contributed by atoms with Crippen molar-refractivity contribution in [3.8, 4) is 5.75 Å². The largest absolute Gasteiger partial charge is 0.496 e. The summed E-state index contributed by atoms with van der Waals surface area (Å²) in [5.74, 6) is -0.297. The quantitative estimate of drug-likeness (QED) is 0.910. The van der Waals surface area contributed by atoms with Crippen LogP contribution in [0.25, 0.3) is 0 Å². The van der Waals surface area contributed by atoms with E-state index < -0.39 is 12.0 Å². The lowest BCUT2D eigenvalue weighted by Gasteiger charge is -2.28. The second-order valence-corrected chi connectivity index (χ2v) is 5.38. The summed E-state index contributed by atoms with van der Waals surface area (Å²) in [6.45, 7) is 3.94. The molecule has 1 aromatic rings. The fraction of sp³-hybridized carbons (Fsp3) is 0.500. The van der Waals surface area contributed by atoms with E-state index in [1.807, 2.05) is 17.0 Å². The van der Waals surface area contributed by atoms with Gasteiger partial charge >= 0.3 is 5.97 Å². The van der Waals surface area contributed by atoms with Crippen LogP contribution in [0.15, 0.2) is 24.3 Å². The zero-order valence-electron chi connectivity index (χ0n) is 13.0. The molecule has 1 atom stereocenters. The Morgan fingerprint density at radius 3 is 2.55 bits per heavy atom. The minimum Gasteiger partial charge on any atom is -0.496 e. The number of para-hydroxylation sites is 1. The number of methoxy groups -OCH3 is 1. The summed E-state index contributed by atoms with van der Waals surface area (Å²) in [6.07, 6.45) is 0.762. The number of carboxylic acids is 1. The van der Waals surface area contributed by atoms with Gasteiger partial charge in [0.05, 0.1) is 7.11 Å². The van der Waals surface area contributed by atoms with Gasteiger partial charge in [0, 0.05) is 38.7 Å². The smallest absolute Gasteiger partial charge is 0.325 e. The van der Waals surface area contributed by atoms with Crippen LogP contribution in [0.5, 0.6) is 5.75 Å². The molecule has 6 heteroatoms. The molecule has 120 valence electrons. The normalized spacial score (nSPS) is 17.6. The Hall–Kier alpha value is -2.08. The summed E-state index contributed by atoms with van der Waals surface area (Å²) in [7, 11) is 1.54. The van der Waals surface area contributed by atoms with Crippen LogP contribution in [0.4, 0.5) is 0 Å². The highest BCUT2D eigenvalue weighted by molar-refractivity contribution is 5.77. The SMILES string of the molecule is COc1ccccc1C(C(=O)O)N1CCCN(C(C)=O)CC1. The Morgan fingerprint density at radius 2 is 1.91 bits per heavy atom. The molecule has 0 aliphatic carbocycles. The molecule has 1 unspecified atom stereocenters. The summed E-state index contributed by atoms with van der Waals surface area (Å²) in [4.78, 5) is 27.0. The van der Waals surface area contributed by atoms with E-state index in [1.54, 1.807) is 24.0 Å². The Balaban J connectivity index is 2.25. The molecule has 1 amide bonds. The predicted molar refractivity (Wildman–Crippen MR) is 81.8 cm³/mol. The van der Waals surface area contributed by atoms with Gasteiger partial charge in [-0.15, -0.1) is 0 Å². The van der Waals surface area contributed by atoms with Gasteiger partial charge in [0.2, 0.25) is 5.91 Å². The lowest BCUT2D eigenvalue weighted by molar-refractivity contribution is -0.143. The zero-order valence-corrected chi connectivity index (χ0v) is 13.0. The van der Waals surface area contributed by atoms with Crippen LogP contribution < -0.4 is 4.74 Å². The van der Waals surface area contributed by atoms with Crippen molar-refractivity contribution in [3.05, 3.63) is 29.8 Å². The summed E-state index contributed by atoms with van der Waals surface area (Å²) < 4.78 is 5.30. The number of rotatable bonds is 4. The maximum absolute atomic E-state index is 11.8. The highest BCUT2D eigenvalue weighted by atomic mass is 16.5. The van der Waals surface area contributed by atoms with Crippen LogP contribution in [-0.4, -0.2) is 60.1 Å². The zero-order chi connectivity index (χ0) is 16.1. The molecule has 0 bridgehead atoms. The van der Waals surface area contributed by atoms with Gasteiger partial charge in [-0.25, -0.2) is 0 Å². The average molecular weight is 306 g/mol. The average Bonchev–Trinajstić information content (AvgIpc) is 2.74. The minimum absolute atomic E-state index is 0.0333. The number of carbonyl (C=O) groups excluding carboxylic acids is 1. The van der Waals surface area contributed by atoms with Crippen molar-refractivity contribution in [2.75, 3.05) is 33.3 Å². The standard InChI is InChI=1S/C16H22N2O4/c1-12(19)17-8-5-9-18(11-10-17)15(16(20)21)13-6-3-4-7-14(13)22-2/h3-4,6-7,15H,5,8-11H2,1-2H3,(H,20,21). The summed E-state index contributed by atoms with van der Waals surface area (Å²) in [5, 5.41) is 9.69. The Labute approximate surface area is 130 Å². The summed E-state index contributed by atoms with van der Waals surface area (Å²) in [6, 6.07) is 6.42. The highest BCUT2D eigenvalue weighted by Crippen LogP contribution is 2.30. The van der Waals surface area contributed by atoms with E-state index in [2.05, 4.69) is 0 Å². The third-order valence-corrected chi connectivity index (χ3v) is 4.01. The molecule has 1 fully saturated rings. The van der Waals surface area contributed by atoms with E-state index in [0.29, 0.717) is 37.5 Å². The maximum Gasteiger partial charge on any atom is 0.325 e. The van der Waals surface area contributed by atoms with Crippen molar-refractivity contribution >= 4 is 11.9 Å². The molecule has 2 rings (SSSR count). The van der Waals surface area contributed by atoms with Gasteiger partial charge in [-0.2, -0.15) is 0 Å². The molecule has 6 nitrogen and oxygen atoms in total. The molecule has 0 saturated carbocycles. The topological polar surface area (TPSA) is 70.1 Å². The number of nitrogens with zero attached hydrogens (tertiary/aromatic N) is 2. The molecule has 1 N–H and O–H groups in total. The molecule has 0 aromatic heterocycles. The molecule has 1 aromatic carbocycles. The van der Waals surface area contributed by atoms with E-state index in [-0.39, 0.29) is 5.91 Å². The maximum atomic E-state index is 11.8. The minimum atomic E-state index is -0.902. The lowest BCUT2D eigenvalue weighted by atomic mass is 10.0. The number of hydrogen-bond acceptors (Lipinski definition) is 4. The number of benzene rings is 1. The Morgan fingerprint density at radius 1 is 1.18 bits per heavy atom. The highest BCUT2D eigenvalue weighted by Gasteiger charge is 2.31. The second kappa shape index (κ2) is 7.26. The molecule has 1 aliphatic rings. The number of ether oxygens (including phenoxy) is 1. The molecular formula is C16H22N2O4. The van der Waals surface area contributed by atoms with Crippen molar-refractivity contribution in [1.29, 1.82) is 0 Å². The Bertz CT molecular complexity index is 547. The van der Waals surface area contributed by atoms with Crippen LogP contribution >= 0.6 is 0 Å². The van der Waals surface area contributed by atoms with Gasteiger partial charge in [0.25, 0.3) is 0 Å². The first-order valence-corrected chi connectivity index (χ1v) is 7.40. The van der Waals surface area contributed by atoms with Crippen molar-refractivity contribution in [3.63, 3.8) is 0 Å². The third-order valence-electron chi connectivity index (χ3n) is 4.01. The van der Waals surface area contributed by atoms with Crippen LogP contribution in [0, 0.1) is 0 Å². The van der Waals surface area contributed by atoms with Crippen molar-refractivity contribution < 1.29 is 19.4 Å². The lowest BCUT2D eigenvalue weighted by Crippen LogP contribution is -2.38. The summed E-state index contributed by atoms with van der Waals surface area (Å²) in [5.41, 5.74) is 0.647. The number of hydrogen-bond donors (Lipinski definition) is 1. The number of carboxylic acid groups (broad SMARTS) is 1. The van der Waals surface area contributed by atoms with Gasteiger partial charge in [0.1, 0.15) is 11.8 Å².